The smallest absolute Gasteiger partial charge is 0.311 e. The fraction of sp³-hybridized carbons (Fsp3) is 0.280. The summed E-state index contributed by atoms with van der Waals surface area (Å²) in [5.41, 5.74) is 3.30. The number of esters is 2. The van der Waals surface area contributed by atoms with Crippen molar-refractivity contribution in [2.24, 2.45) is 0 Å². The van der Waals surface area contributed by atoms with E-state index in [1.54, 1.807) is 43.3 Å². The molecule has 1 atom stereocenters. The zero-order valence-corrected chi connectivity index (χ0v) is 19.3. The number of carboxylic acids is 1. The Morgan fingerprint density at radius 2 is 1.79 bits per heavy atom. The van der Waals surface area contributed by atoms with Crippen LogP contribution in [0.3, 0.4) is 0 Å². The predicted molar refractivity (Wildman–Crippen MR) is 123 cm³/mol. The lowest BCUT2D eigenvalue weighted by Gasteiger charge is -2.14. The second-order valence-electron chi connectivity index (χ2n) is 7.62. The molecule has 1 heterocycles. The van der Waals surface area contributed by atoms with Gasteiger partial charge in [0.05, 0.1) is 6.42 Å². The molecule has 0 radical (unpaired) electrons. The van der Waals surface area contributed by atoms with E-state index in [1.807, 2.05) is 12.1 Å². The molecule has 3 aromatic rings. The number of aromatic nitrogens is 1. The van der Waals surface area contributed by atoms with Crippen molar-refractivity contribution in [3.05, 3.63) is 76.5 Å². The molecule has 0 spiro atoms. The van der Waals surface area contributed by atoms with Crippen LogP contribution in [0.1, 0.15) is 49.0 Å². The monoisotopic (exact) mass is 485 g/mol. The molecule has 0 aliphatic rings. The molecule has 0 saturated heterocycles. The van der Waals surface area contributed by atoms with Crippen LogP contribution in [0.25, 0.3) is 11.3 Å². The molecular weight excluding hydrogens is 462 g/mol. The molecule has 1 aromatic heterocycles. The Bertz CT molecular complexity index is 1140. The average molecular weight is 486 g/mol. The molecule has 9 heteroatoms. The average Bonchev–Trinajstić information content (AvgIpc) is 3.25. The molecule has 0 saturated carbocycles. The van der Waals surface area contributed by atoms with Gasteiger partial charge in [0.2, 0.25) is 0 Å². The normalized spacial score (nSPS) is 11.6. The highest BCUT2D eigenvalue weighted by Gasteiger charge is 2.19. The van der Waals surface area contributed by atoms with Gasteiger partial charge in [0.15, 0.2) is 0 Å². The molecule has 3 rings (SSSR count). The highest BCUT2D eigenvalue weighted by molar-refractivity contribution is 6.31. The molecule has 2 aromatic carbocycles. The van der Waals surface area contributed by atoms with Crippen LogP contribution in [-0.2, 0) is 36.9 Å². The molecule has 0 aliphatic heterocycles. The van der Waals surface area contributed by atoms with Crippen LogP contribution in [0.4, 0.5) is 0 Å². The first-order valence-corrected chi connectivity index (χ1v) is 11.0. The molecule has 0 aliphatic carbocycles. The quantitative estimate of drug-likeness (QED) is 0.371. The van der Waals surface area contributed by atoms with Crippen LogP contribution >= 0.6 is 11.6 Å². The van der Waals surface area contributed by atoms with E-state index in [-0.39, 0.29) is 32.3 Å². The van der Waals surface area contributed by atoms with E-state index >= 15 is 0 Å². The van der Waals surface area contributed by atoms with Crippen molar-refractivity contribution >= 4 is 29.5 Å². The van der Waals surface area contributed by atoms with Crippen molar-refractivity contribution < 1.29 is 33.5 Å². The van der Waals surface area contributed by atoms with E-state index in [4.69, 9.17) is 30.7 Å². The van der Waals surface area contributed by atoms with E-state index in [9.17, 15) is 14.4 Å². The number of nitrogens with zero attached hydrogens (tertiary/aromatic N) is 1. The van der Waals surface area contributed by atoms with E-state index in [0.717, 1.165) is 16.7 Å². The third-order valence-electron chi connectivity index (χ3n) is 5.03. The van der Waals surface area contributed by atoms with Gasteiger partial charge in [0, 0.05) is 34.6 Å². The first-order valence-electron chi connectivity index (χ1n) is 10.7. The molecule has 0 bridgehead atoms. The van der Waals surface area contributed by atoms with Gasteiger partial charge in [-0.25, -0.2) is 0 Å². The number of ether oxygens (including phenoxy) is 2. The molecule has 178 valence electrons. The first-order chi connectivity index (χ1) is 16.3. The number of halogens is 1. The summed E-state index contributed by atoms with van der Waals surface area (Å²) in [6.45, 7) is 1.83. The SMILES string of the molecule is CC(OC(=O)Cc1conc1-c1ccc(COC(=O)CCCC(=O)O)cc1)c1ccccc1Cl. The zero-order valence-electron chi connectivity index (χ0n) is 18.5. The summed E-state index contributed by atoms with van der Waals surface area (Å²) in [5, 5.41) is 13.1. The van der Waals surface area contributed by atoms with Gasteiger partial charge in [-0.3, -0.25) is 14.4 Å². The van der Waals surface area contributed by atoms with Crippen LogP contribution < -0.4 is 0 Å². The summed E-state index contributed by atoms with van der Waals surface area (Å²) in [4.78, 5) is 34.7. The molecule has 8 nitrogen and oxygen atoms in total. The standard InChI is InChI=1S/C25H24ClNO7/c1-16(20-5-2-3-6-21(20)26)34-24(31)13-19-15-33-27-25(19)18-11-9-17(10-12-18)14-32-23(30)8-4-7-22(28)29/h2-3,5-6,9-12,15-16H,4,7-8,13-14H2,1H3,(H,28,29). The number of carboxylic acid groups (broad SMARTS) is 1. The Labute approximate surface area is 201 Å². The van der Waals surface area contributed by atoms with E-state index in [1.165, 1.54) is 6.26 Å². The van der Waals surface area contributed by atoms with Crippen molar-refractivity contribution in [1.29, 1.82) is 0 Å². The molecule has 34 heavy (non-hydrogen) atoms. The van der Waals surface area contributed by atoms with Crippen LogP contribution in [0.2, 0.25) is 5.02 Å². The lowest BCUT2D eigenvalue weighted by atomic mass is 10.0. The summed E-state index contributed by atoms with van der Waals surface area (Å²) in [5.74, 6) is -1.84. The molecule has 1 unspecified atom stereocenters. The molecule has 0 fully saturated rings. The number of carbonyl (C=O) groups excluding carboxylic acids is 2. The molecule has 1 N–H and O–H groups in total. The Morgan fingerprint density at radius 3 is 2.50 bits per heavy atom. The number of carbonyl (C=O) groups is 3. The van der Waals surface area contributed by atoms with Gasteiger partial charge in [0.1, 0.15) is 24.7 Å². The van der Waals surface area contributed by atoms with Gasteiger partial charge < -0.3 is 19.1 Å². The van der Waals surface area contributed by atoms with E-state index in [2.05, 4.69) is 5.16 Å². The fourth-order valence-electron chi connectivity index (χ4n) is 3.26. The maximum atomic E-state index is 12.5. The number of aliphatic carboxylic acids is 1. The second-order valence-corrected chi connectivity index (χ2v) is 8.03. The number of hydrogen-bond donors (Lipinski definition) is 1. The van der Waals surface area contributed by atoms with E-state index < -0.39 is 24.0 Å². The van der Waals surface area contributed by atoms with Crippen molar-refractivity contribution in [2.75, 3.05) is 0 Å². The Kier molecular flexibility index (Phi) is 8.81. The number of rotatable bonds is 11. The highest BCUT2D eigenvalue weighted by atomic mass is 35.5. The minimum Gasteiger partial charge on any atom is -0.481 e. The topological polar surface area (TPSA) is 116 Å². The number of benzene rings is 2. The van der Waals surface area contributed by atoms with Gasteiger partial charge in [-0.05, 0) is 25.0 Å². The van der Waals surface area contributed by atoms with Crippen LogP contribution in [-0.4, -0.2) is 28.2 Å². The van der Waals surface area contributed by atoms with Crippen molar-refractivity contribution in [3.8, 4) is 11.3 Å². The van der Waals surface area contributed by atoms with Gasteiger partial charge in [-0.1, -0.05) is 59.2 Å². The maximum absolute atomic E-state index is 12.5. The lowest BCUT2D eigenvalue weighted by molar-refractivity contribution is -0.148. The minimum absolute atomic E-state index is 0.0245. The summed E-state index contributed by atoms with van der Waals surface area (Å²) in [7, 11) is 0. The third kappa shape index (κ3) is 7.18. The minimum atomic E-state index is -0.945. The van der Waals surface area contributed by atoms with Crippen molar-refractivity contribution in [1.82, 2.24) is 5.16 Å². The summed E-state index contributed by atoms with van der Waals surface area (Å²) in [6.07, 6.45) is 1.10. The lowest BCUT2D eigenvalue weighted by Crippen LogP contribution is -2.12. The largest absolute Gasteiger partial charge is 0.481 e. The zero-order chi connectivity index (χ0) is 24.5. The van der Waals surface area contributed by atoms with Crippen LogP contribution in [0, 0.1) is 0 Å². The predicted octanol–water partition coefficient (Wildman–Crippen LogP) is 5.14. The Morgan fingerprint density at radius 1 is 1.06 bits per heavy atom. The summed E-state index contributed by atoms with van der Waals surface area (Å²) < 4.78 is 15.8. The van der Waals surface area contributed by atoms with Gasteiger partial charge in [0.25, 0.3) is 0 Å². The van der Waals surface area contributed by atoms with Crippen LogP contribution in [0.15, 0.2) is 59.3 Å². The molecule has 0 amide bonds. The maximum Gasteiger partial charge on any atom is 0.311 e. The van der Waals surface area contributed by atoms with Gasteiger partial charge >= 0.3 is 17.9 Å². The second kappa shape index (κ2) is 12.0. The summed E-state index contributed by atoms with van der Waals surface area (Å²) in [6, 6.07) is 14.3. The van der Waals surface area contributed by atoms with Crippen LogP contribution in [0.5, 0.6) is 0 Å². The van der Waals surface area contributed by atoms with Gasteiger partial charge in [-0.15, -0.1) is 0 Å². The number of hydrogen-bond acceptors (Lipinski definition) is 7. The molecular formula is C25H24ClNO7. The van der Waals surface area contributed by atoms with Gasteiger partial charge in [-0.2, -0.15) is 0 Å². The van der Waals surface area contributed by atoms with Crippen molar-refractivity contribution in [2.45, 2.75) is 45.3 Å². The summed E-state index contributed by atoms with van der Waals surface area (Å²) >= 11 is 6.17. The Hall–Kier alpha value is -3.65. The third-order valence-corrected chi connectivity index (χ3v) is 5.37. The Balaban J connectivity index is 1.55. The highest BCUT2D eigenvalue weighted by Crippen LogP contribution is 2.27. The first kappa shape index (κ1) is 25.0. The van der Waals surface area contributed by atoms with E-state index in [0.29, 0.717) is 16.3 Å². The van der Waals surface area contributed by atoms with Crippen molar-refractivity contribution in [3.63, 3.8) is 0 Å². The fourth-order valence-corrected chi connectivity index (χ4v) is 3.55.